The van der Waals surface area contributed by atoms with Gasteiger partial charge in [0.05, 0.1) is 5.92 Å². The van der Waals surface area contributed by atoms with Crippen LogP contribution in [0.1, 0.15) is 19.8 Å². The van der Waals surface area contributed by atoms with Gasteiger partial charge in [-0.1, -0.05) is 11.3 Å². The fraction of sp³-hybridized carbons (Fsp3) is 0.700. The number of piperidine rings is 1. The molecule has 94 valence electrons. The molecule has 1 aromatic heterocycles. The SMILES string of the molecule is CCNC(=O)C1CCCN(c2nnc(Br)s2)C1. The van der Waals surface area contributed by atoms with Gasteiger partial charge in [0, 0.05) is 19.6 Å². The number of aromatic nitrogens is 2. The Kier molecular flexibility index (Phi) is 4.33. The molecule has 1 aromatic rings. The monoisotopic (exact) mass is 318 g/mol. The Morgan fingerprint density at radius 3 is 3.12 bits per heavy atom. The number of hydrogen-bond donors (Lipinski definition) is 1. The quantitative estimate of drug-likeness (QED) is 0.920. The van der Waals surface area contributed by atoms with Crippen LogP contribution in [0.2, 0.25) is 0 Å². The topological polar surface area (TPSA) is 58.1 Å². The molecule has 1 amide bonds. The highest BCUT2D eigenvalue weighted by atomic mass is 79.9. The maximum absolute atomic E-state index is 11.8. The van der Waals surface area contributed by atoms with Gasteiger partial charge in [-0.15, -0.1) is 10.2 Å². The number of carbonyl (C=O) groups excluding carboxylic acids is 1. The molecule has 1 aliphatic heterocycles. The molecule has 0 aromatic carbocycles. The van der Waals surface area contributed by atoms with Gasteiger partial charge in [-0.2, -0.15) is 0 Å². The van der Waals surface area contributed by atoms with E-state index in [9.17, 15) is 4.79 Å². The van der Waals surface area contributed by atoms with Crippen LogP contribution in [-0.4, -0.2) is 35.7 Å². The summed E-state index contributed by atoms with van der Waals surface area (Å²) in [5.74, 6) is 0.229. The van der Waals surface area contributed by atoms with Crippen LogP contribution in [-0.2, 0) is 4.79 Å². The largest absolute Gasteiger partial charge is 0.356 e. The van der Waals surface area contributed by atoms with Gasteiger partial charge >= 0.3 is 0 Å². The molecule has 1 unspecified atom stereocenters. The predicted octanol–water partition coefficient (Wildman–Crippen LogP) is 1.65. The molecule has 1 aliphatic rings. The molecule has 0 saturated carbocycles. The smallest absolute Gasteiger partial charge is 0.224 e. The van der Waals surface area contributed by atoms with Crippen LogP contribution >= 0.6 is 27.3 Å². The maximum atomic E-state index is 11.8. The van der Waals surface area contributed by atoms with Crippen molar-refractivity contribution in [2.45, 2.75) is 19.8 Å². The first kappa shape index (κ1) is 12.8. The van der Waals surface area contributed by atoms with Crippen LogP contribution in [0.15, 0.2) is 3.92 Å². The van der Waals surface area contributed by atoms with Gasteiger partial charge in [-0.05, 0) is 35.7 Å². The number of rotatable bonds is 3. The van der Waals surface area contributed by atoms with Crippen molar-refractivity contribution in [3.63, 3.8) is 0 Å². The second-order valence-corrected chi connectivity index (χ2v) is 6.25. The zero-order valence-electron chi connectivity index (χ0n) is 9.65. The summed E-state index contributed by atoms with van der Waals surface area (Å²) in [7, 11) is 0. The fourth-order valence-corrected chi connectivity index (χ4v) is 3.13. The number of nitrogens with one attached hydrogen (secondary N) is 1. The van der Waals surface area contributed by atoms with E-state index in [4.69, 9.17) is 0 Å². The highest BCUT2D eigenvalue weighted by Crippen LogP contribution is 2.28. The Morgan fingerprint density at radius 1 is 1.65 bits per heavy atom. The molecule has 0 aliphatic carbocycles. The third kappa shape index (κ3) is 3.16. The van der Waals surface area contributed by atoms with Gasteiger partial charge in [0.1, 0.15) is 0 Å². The van der Waals surface area contributed by atoms with E-state index >= 15 is 0 Å². The third-order valence-corrected chi connectivity index (χ3v) is 4.22. The number of nitrogens with zero attached hydrogens (tertiary/aromatic N) is 3. The zero-order chi connectivity index (χ0) is 12.3. The Morgan fingerprint density at radius 2 is 2.47 bits per heavy atom. The van der Waals surface area contributed by atoms with Crippen molar-refractivity contribution in [2.24, 2.45) is 5.92 Å². The van der Waals surface area contributed by atoms with Crippen LogP contribution < -0.4 is 10.2 Å². The van der Waals surface area contributed by atoms with Crippen molar-refractivity contribution in [3.8, 4) is 0 Å². The number of carbonyl (C=O) groups is 1. The number of halogens is 1. The van der Waals surface area contributed by atoms with Crippen LogP contribution in [0, 0.1) is 5.92 Å². The lowest BCUT2D eigenvalue weighted by atomic mass is 9.97. The van der Waals surface area contributed by atoms with E-state index in [1.165, 1.54) is 11.3 Å². The Hall–Kier alpha value is -0.690. The van der Waals surface area contributed by atoms with Gasteiger partial charge in [0.15, 0.2) is 3.92 Å². The molecule has 1 atom stereocenters. The van der Waals surface area contributed by atoms with Crippen molar-refractivity contribution in [2.75, 3.05) is 24.5 Å². The number of hydrogen-bond acceptors (Lipinski definition) is 5. The predicted molar refractivity (Wildman–Crippen MR) is 71.2 cm³/mol. The lowest BCUT2D eigenvalue weighted by Crippen LogP contribution is -2.43. The zero-order valence-corrected chi connectivity index (χ0v) is 12.1. The molecule has 2 heterocycles. The maximum Gasteiger partial charge on any atom is 0.224 e. The van der Waals surface area contributed by atoms with Gasteiger partial charge in [0.2, 0.25) is 11.0 Å². The van der Waals surface area contributed by atoms with E-state index < -0.39 is 0 Å². The molecule has 5 nitrogen and oxygen atoms in total. The number of amides is 1. The summed E-state index contributed by atoms with van der Waals surface area (Å²) in [5.41, 5.74) is 0. The summed E-state index contributed by atoms with van der Waals surface area (Å²) < 4.78 is 0.785. The minimum absolute atomic E-state index is 0.0753. The van der Waals surface area contributed by atoms with Crippen LogP contribution in [0.5, 0.6) is 0 Å². The molecule has 7 heteroatoms. The summed E-state index contributed by atoms with van der Waals surface area (Å²) in [6.45, 7) is 4.34. The molecule has 1 saturated heterocycles. The number of anilines is 1. The summed E-state index contributed by atoms with van der Waals surface area (Å²) in [4.78, 5) is 13.9. The van der Waals surface area contributed by atoms with Crippen molar-refractivity contribution >= 4 is 38.3 Å². The summed E-state index contributed by atoms with van der Waals surface area (Å²) >= 11 is 4.82. The van der Waals surface area contributed by atoms with E-state index in [-0.39, 0.29) is 11.8 Å². The first-order valence-corrected chi connectivity index (χ1v) is 7.33. The van der Waals surface area contributed by atoms with Crippen molar-refractivity contribution in [1.82, 2.24) is 15.5 Å². The average molecular weight is 319 g/mol. The summed E-state index contributed by atoms with van der Waals surface area (Å²) in [5, 5.41) is 11.8. The molecule has 1 fully saturated rings. The average Bonchev–Trinajstić information content (AvgIpc) is 2.76. The minimum atomic E-state index is 0.0753. The first-order valence-electron chi connectivity index (χ1n) is 5.72. The summed E-state index contributed by atoms with van der Waals surface area (Å²) in [6, 6.07) is 0. The van der Waals surface area contributed by atoms with E-state index in [1.807, 2.05) is 6.92 Å². The van der Waals surface area contributed by atoms with Crippen LogP contribution in [0.25, 0.3) is 0 Å². The van der Waals surface area contributed by atoms with E-state index in [2.05, 4.69) is 36.3 Å². The fourth-order valence-electron chi connectivity index (χ4n) is 2.01. The molecule has 0 radical (unpaired) electrons. The van der Waals surface area contributed by atoms with Crippen LogP contribution in [0.4, 0.5) is 5.13 Å². The molecule has 0 spiro atoms. The second kappa shape index (κ2) is 5.77. The van der Waals surface area contributed by atoms with E-state index in [0.717, 1.165) is 35.0 Å². The van der Waals surface area contributed by atoms with Gasteiger partial charge in [-0.3, -0.25) is 4.79 Å². The normalized spacial score (nSPS) is 20.4. The molecule has 1 N–H and O–H groups in total. The van der Waals surface area contributed by atoms with Crippen molar-refractivity contribution < 1.29 is 4.79 Å². The van der Waals surface area contributed by atoms with Gasteiger partial charge < -0.3 is 10.2 Å². The van der Waals surface area contributed by atoms with E-state index in [1.54, 1.807) is 0 Å². The van der Waals surface area contributed by atoms with Gasteiger partial charge in [0.25, 0.3) is 0 Å². The molecule has 0 bridgehead atoms. The first-order chi connectivity index (χ1) is 8.20. The highest BCUT2D eigenvalue weighted by molar-refractivity contribution is 9.11. The molecular formula is C10H15BrN4OS. The second-order valence-electron chi connectivity index (χ2n) is 4.02. The summed E-state index contributed by atoms with van der Waals surface area (Å²) in [6.07, 6.45) is 1.99. The van der Waals surface area contributed by atoms with Crippen molar-refractivity contribution in [1.29, 1.82) is 0 Å². The minimum Gasteiger partial charge on any atom is -0.356 e. The Labute approximate surface area is 113 Å². The molecular weight excluding hydrogens is 304 g/mol. The standard InChI is InChI=1S/C10H15BrN4OS/c1-2-12-8(16)7-4-3-5-15(6-7)10-14-13-9(11)17-10/h7H,2-6H2,1H3,(H,12,16). The van der Waals surface area contributed by atoms with E-state index in [0.29, 0.717) is 6.54 Å². The van der Waals surface area contributed by atoms with Gasteiger partial charge in [-0.25, -0.2) is 0 Å². The van der Waals surface area contributed by atoms with Crippen molar-refractivity contribution in [3.05, 3.63) is 3.92 Å². The lowest BCUT2D eigenvalue weighted by Gasteiger charge is -2.31. The highest BCUT2D eigenvalue weighted by Gasteiger charge is 2.27. The lowest BCUT2D eigenvalue weighted by molar-refractivity contribution is -0.125. The third-order valence-electron chi connectivity index (χ3n) is 2.80. The Bertz CT molecular complexity index is 397. The Balaban J connectivity index is 1.99. The molecule has 2 rings (SSSR count). The molecule has 17 heavy (non-hydrogen) atoms. The van der Waals surface area contributed by atoms with Crippen LogP contribution in [0.3, 0.4) is 0 Å².